The van der Waals surface area contributed by atoms with Crippen LogP contribution >= 0.6 is 27.5 Å². The van der Waals surface area contributed by atoms with Crippen molar-refractivity contribution in [3.8, 4) is 5.75 Å². The van der Waals surface area contributed by atoms with Crippen LogP contribution in [0.15, 0.2) is 18.2 Å². The number of hydrogen-bond acceptors (Lipinski definition) is 2. The van der Waals surface area contributed by atoms with Crippen LogP contribution in [0.1, 0.15) is 10.4 Å². The van der Waals surface area contributed by atoms with Crippen molar-refractivity contribution >= 4 is 33.3 Å². The van der Waals surface area contributed by atoms with Crippen LogP contribution in [0.4, 0.5) is 0 Å². The summed E-state index contributed by atoms with van der Waals surface area (Å²) in [5.41, 5.74) is 0.288. The maximum atomic E-state index is 11.1. The lowest BCUT2D eigenvalue weighted by Gasteiger charge is -2.00. The Balaban J connectivity index is 3.09. The zero-order chi connectivity index (χ0) is 9.14. The third-order valence-corrected chi connectivity index (χ3v) is 2.13. The zero-order valence-electron chi connectivity index (χ0n) is 6.05. The van der Waals surface area contributed by atoms with Crippen molar-refractivity contribution in [1.29, 1.82) is 0 Å². The van der Waals surface area contributed by atoms with E-state index in [4.69, 9.17) is 11.6 Å². The van der Waals surface area contributed by atoms with Crippen LogP contribution in [0.25, 0.3) is 0 Å². The predicted molar refractivity (Wildman–Crippen MR) is 51.2 cm³/mol. The summed E-state index contributed by atoms with van der Waals surface area (Å²) in [6.07, 6.45) is 0. The van der Waals surface area contributed by atoms with Crippen molar-refractivity contribution in [3.05, 3.63) is 28.8 Å². The molecule has 0 aliphatic heterocycles. The molecule has 12 heavy (non-hydrogen) atoms. The van der Waals surface area contributed by atoms with Gasteiger partial charge in [0.2, 0.25) is 0 Å². The maximum absolute atomic E-state index is 11.1. The average molecular weight is 249 g/mol. The van der Waals surface area contributed by atoms with Crippen LogP contribution in [0.5, 0.6) is 5.75 Å². The van der Waals surface area contributed by atoms with Gasteiger partial charge in [0.25, 0.3) is 0 Å². The number of Topliss-reactive ketones (excluding diaryl/α,β-unsaturated/α-hetero) is 1. The molecule has 0 aliphatic carbocycles. The number of ketones is 1. The lowest BCUT2D eigenvalue weighted by Crippen LogP contribution is -1.99. The quantitative estimate of drug-likeness (QED) is 0.646. The summed E-state index contributed by atoms with van der Waals surface area (Å²) in [5.74, 6) is -0.240. The molecule has 2 nitrogen and oxygen atoms in total. The molecule has 64 valence electrons. The lowest BCUT2D eigenvalue weighted by atomic mass is 10.1. The molecule has 0 aromatic heterocycles. The second-order valence-corrected chi connectivity index (χ2v) is 3.22. The molecule has 0 unspecified atom stereocenters. The number of benzene rings is 1. The minimum atomic E-state index is -0.163. The van der Waals surface area contributed by atoms with Gasteiger partial charge in [0.1, 0.15) is 5.75 Å². The summed E-state index contributed by atoms with van der Waals surface area (Å²) in [5, 5.41) is 9.88. The van der Waals surface area contributed by atoms with Crippen molar-refractivity contribution in [1.82, 2.24) is 0 Å². The third-order valence-electron chi connectivity index (χ3n) is 1.38. The molecule has 1 aromatic rings. The first kappa shape index (κ1) is 9.55. The van der Waals surface area contributed by atoms with E-state index in [2.05, 4.69) is 15.9 Å². The van der Waals surface area contributed by atoms with Crippen molar-refractivity contribution in [2.24, 2.45) is 0 Å². The molecule has 1 N–H and O–H groups in total. The SMILES string of the molecule is O=C(CBr)c1ccc(Cl)cc1O. The van der Waals surface area contributed by atoms with Gasteiger partial charge in [-0.2, -0.15) is 0 Å². The van der Waals surface area contributed by atoms with Crippen molar-refractivity contribution in [2.75, 3.05) is 5.33 Å². The fourth-order valence-electron chi connectivity index (χ4n) is 0.813. The molecule has 0 radical (unpaired) electrons. The first-order chi connectivity index (χ1) is 5.65. The molecule has 0 aliphatic rings. The van der Waals surface area contributed by atoms with Gasteiger partial charge in [-0.1, -0.05) is 27.5 Å². The van der Waals surface area contributed by atoms with Gasteiger partial charge in [-0.05, 0) is 18.2 Å². The van der Waals surface area contributed by atoms with E-state index in [-0.39, 0.29) is 22.4 Å². The molecule has 0 atom stereocenters. The van der Waals surface area contributed by atoms with E-state index in [9.17, 15) is 9.90 Å². The number of aromatic hydroxyl groups is 1. The maximum Gasteiger partial charge on any atom is 0.177 e. The number of phenolic OH excluding ortho intramolecular Hbond substituents is 1. The highest BCUT2D eigenvalue weighted by Crippen LogP contribution is 2.22. The largest absolute Gasteiger partial charge is 0.507 e. The Hall–Kier alpha value is -0.540. The number of alkyl halides is 1. The molecule has 4 heteroatoms. The number of carbonyl (C=O) groups excluding carboxylic acids is 1. The summed E-state index contributed by atoms with van der Waals surface area (Å²) < 4.78 is 0. The van der Waals surface area contributed by atoms with Gasteiger partial charge in [0.05, 0.1) is 10.9 Å². The molecular weight excluding hydrogens is 243 g/mol. The van der Waals surface area contributed by atoms with Crippen LogP contribution in [0.3, 0.4) is 0 Å². The molecule has 0 saturated carbocycles. The van der Waals surface area contributed by atoms with Crippen LogP contribution < -0.4 is 0 Å². The highest BCUT2D eigenvalue weighted by Gasteiger charge is 2.08. The Bertz CT molecular complexity index is 312. The van der Waals surface area contributed by atoms with Crippen molar-refractivity contribution in [2.45, 2.75) is 0 Å². The molecular formula is C8H6BrClO2. The molecule has 0 fully saturated rings. The summed E-state index contributed by atoms with van der Waals surface area (Å²) in [6, 6.07) is 4.41. The number of carbonyl (C=O) groups is 1. The molecule has 0 spiro atoms. The first-order valence-electron chi connectivity index (χ1n) is 3.23. The van der Waals surface area contributed by atoms with E-state index < -0.39 is 0 Å². The Morgan fingerprint density at radius 2 is 2.25 bits per heavy atom. The average Bonchev–Trinajstić information content (AvgIpc) is 2.03. The summed E-state index contributed by atoms with van der Waals surface area (Å²) in [6.45, 7) is 0. The zero-order valence-corrected chi connectivity index (χ0v) is 8.39. The molecule has 1 rings (SSSR count). The van der Waals surface area contributed by atoms with Crippen LogP contribution in [-0.2, 0) is 0 Å². The van der Waals surface area contributed by atoms with Gasteiger partial charge in [-0.15, -0.1) is 0 Å². The molecule has 0 saturated heterocycles. The number of halogens is 2. The van der Waals surface area contributed by atoms with Gasteiger partial charge >= 0.3 is 0 Å². The summed E-state index contributed by atoms with van der Waals surface area (Å²) in [7, 11) is 0. The third kappa shape index (κ3) is 1.99. The number of hydrogen-bond donors (Lipinski definition) is 1. The smallest absolute Gasteiger partial charge is 0.177 e. The van der Waals surface area contributed by atoms with Gasteiger partial charge in [0.15, 0.2) is 5.78 Å². The van der Waals surface area contributed by atoms with Crippen LogP contribution in [0.2, 0.25) is 5.02 Å². The topological polar surface area (TPSA) is 37.3 Å². The monoisotopic (exact) mass is 248 g/mol. The highest BCUT2D eigenvalue weighted by atomic mass is 79.9. The van der Waals surface area contributed by atoms with Gasteiger partial charge in [0, 0.05) is 5.02 Å². The van der Waals surface area contributed by atoms with E-state index in [0.717, 1.165) is 0 Å². The van der Waals surface area contributed by atoms with E-state index in [1.807, 2.05) is 0 Å². The molecule has 0 amide bonds. The minimum Gasteiger partial charge on any atom is -0.507 e. The second kappa shape index (κ2) is 3.92. The Labute approximate surface area is 83.3 Å². The van der Waals surface area contributed by atoms with E-state index >= 15 is 0 Å². The highest BCUT2D eigenvalue weighted by molar-refractivity contribution is 9.09. The van der Waals surface area contributed by atoms with E-state index in [0.29, 0.717) is 5.02 Å². The fourth-order valence-corrected chi connectivity index (χ4v) is 1.28. The van der Waals surface area contributed by atoms with Gasteiger partial charge in [-0.25, -0.2) is 0 Å². The van der Waals surface area contributed by atoms with Gasteiger partial charge < -0.3 is 5.11 Å². The van der Waals surface area contributed by atoms with E-state index in [1.165, 1.54) is 12.1 Å². The summed E-state index contributed by atoms with van der Waals surface area (Å²) >= 11 is 8.59. The normalized spacial score (nSPS) is 9.83. The minimum absolute atomic E-state index is 0.0769. The van der Waals surface area contributed by atoms with Crippen LogP contribution in [-0.4, -0.2) is 16.2 Å². The lowest BCUT2D eigenvalue weighted by molar-refractivity contribution is 0.102. The molecule has 0 bridgehead atoms. The standard InChI is InChI=1S/C8H6BrClO2/c9-4-8(12)6-2-1-5(10)3-7(6)11/h1-3,11H,4H2. The van der Waals surface area contributed by atoms with E-state index in [1.54, 1.807) is 6.07 Å². The van der Waals surface area contributed by atoms with Crippen molar-refractivity contribution in [3.63, 3.8) is 0 Å². The Kier molecular flexibility index (Phi) is 3.12. The van der Waals surface area contributed by atoms with Crippen molar-refractivity contribution < 1.29 is 9.90 Å². The Morgan fingerprint density at radius 1 is 1.58 bits per heavy atom. The number of rotatable bonds is 2. The van der Waals surface area contributed by atoms with Crippen LogP contribution in [0, 0.1) is 0 Å². The number of phenols is 1. The van der Waals surface area contributed by atoms with Gasteiger partial charge in [-0.3, -0.25) is 4.79 Å². The predicted octanol–water partition coefficient (Wildman–Crippen LogP) is 2.62. The second-order valence-electron chi connectivity index (χ2n) is 2.22. The summed E-state index contributed by atoms with van der Waals surface area (Å²) in [4.78, 5) is 11.1. The molecule has 1 aromatic carbocycles. The Morgan fingerprint density at radius 3 is 2.75 bits per heavy atom. The molecule has 0 heterocycles. The first-order valence-corrected chi connectivity index (χ1v) is 4.72. The fraction of sp³-hybridized carbons (Fsp3) is 0.125.